The molecule has 1 heterocycles. The molecule has 0 aliphatic rings. The van der Waals surface area contributed by atoms with Crippen molar-refractivity contribution in [2.45, 2.75) is 5.02 Å². The van der Waals surface area contributed by atoms with Gasteiger partial charge in [-0.1, -0.05) is 29.3 Å². The van der Waals surface area contributed by atoms with Crippen LogP contribution in [0, 0.1) is 0 Å². The zero-order chi connectivity index (χ0) is 11.7. The summed E-state index contributed by atoms with van der Waals surface area (Å²) in [7, 11) is 0. The zero-order valence-electron chi connectivity index (χ0n) is 7.79. The monoisotopic (exact) mass is 260 g/mol. The number of ether oxygens (including phenoxy) is 1. The van der Waals surface area contributed by atoms with Gasteiger partial charge in [0, 0.05) is 0 Å². The van der Waals surface area contributed by atoms with Crippen LogP contribution < -0.4 is 16.0 Å². The Balaban J connectivity index is 2.76. The highest BCUT2D eigenvalue weighted by atomic mass is 35.5. The van der Waals surface area contributed by atoms with E-state index >= 15 is 0 Å². The summed E-state index contributed by atoms with van der Waals surface area (Å²) >= 11 is 10.9. The first-order chi connectivity index (χ1) is 7.58. The van der Waals surface area contributed by atoms with Gasteiger partial charge < -0.3 is 9.72 Å². The number of hydrogen-bond donors (Lipinski definition) is 2. The van der Waals surface area contributed by atoms with E-state index in [4.69, 9.17) is 27.9 Å². The van der Waals surface area contributed by atoms with Crippen LogP contribution in [0.25, 0.3) is 10.9 Å². The molecule has 0 saturated carbocycles. The highest BCUT2D eigenvalue weighted by molar-refractivity contribution is 6.43. The van der Waals surface area contributed by atoms with Gasteiger partial charge in [0.25, 0.3) is 5.56 Å². The molecule has 0 aliphatic carbocycles. The molecule has 0 radical (unpaired) electrons. The number of fused-ring (bicyclic) bond motifs is 1. The van der Waals surface area contributed by atoms with Gasteiger partial charge in [-0.05, 0) is 12.1 Å². The topological polar surface area (TPSA) is 74.9 Å². The molecule has 0 fully saturated rings. The number of benzene rings is 1. The number of H-pyrrole nitrogens is 2. The molecule has 0 spiro atoms. The standard InChI is InChI=1S/C9H6Cl2N2O3/c10-8(11)16-5-3-1-2-4-6(5)12-9(15)13-7(4)14/h1-3,8H,(H2,12,13,14,15). The molecule has 5 nitrogen and oxygen atoms in total. The van der Waals surface area contributed by atoms with Crippen molar-refractivity contribution in [1.82, 2.24) is 9.97 Å². The van der Waals surface area contributed by atoms with E-state index in [-0.39, 0.29) is 11.3 Å². The molecular weight excluding hydrogens is 255 g/mol. The van der Waals surface area contributed by atoms with E-state index in [0.717, 1.165) is 0 Å². The number of para-hydroxylation sites is 1. The van der Waals surface area contributed by atoms with Crippen molar-refractivity contribution in [3.8, 4) is 5.75 Å². The van der Waals surface area contributed by atoms with Crippen molar-refractivity contribution >= 4 is 34.1 Å². The quantitative estimate of drug-likeness (QED) is 0.801. The van der Waals surface area contributed by atoms with E-state index in [2.05, 4.69) is 9.97 Å². The number of aromatic amines is 2. The van der Waals surface area contributed by atoms with E-state index in [0.29, 0.717) is 5.39 Å². The Kier molecular flexibility index (Phi) is 2.89. The SMILES string of the molecule is O=c1[nH]c(=O)c2cccc(OC(Cl)Cl)c2[nH]1. The number of aromatic nitrogens is 2. The largest absolute Gasteiger partial charge is 0.458 e. The van der Waals surface area contributed by atoms with Crippen LogP contribution in [0.1, 0.15) is 0 Å². The molecule has 0 saturated heterocycles. The fourth-order valence-corrected chi connectivity index (χ4v) is 1.55. The Labute approximate surface area is 99.0 Å². The Hall–Kier alpha value is -1.46. The first-order valence-electron chi connectivity index (χ1n) is 4.28. The normalized spacial score (nSPS) is 10.9. The summed E-state index contributed by atoms with van der Waals surface area (Å²) in [5.41, 5.74) is -0.846. The van der Waals surface area contributed by atoms with Gasteiger partial charge in [0.15, 0.2) is 0 Å². The Morgan fingerprint density at radius 1 is 1.19 bits per heavy atom. The average molecular weight is 261 g/mol. The summed E-state index contributed by atoms with van der Waals surface area (Å²) in [5, 5.41) is -0.778. The predicted molar refractivity (Wildman–Crippen MR) is 61.3 cm³/mol. The molecule has 0 amide bonds. The predicted octanol–water partition coefficient (Wildman–Crippen LogP) is 1.36. The van der Waals surface area contributed by atoms with Crippen molar-refractivity contribution in [2.75, 3.05) is 0 Å². The molecule has 1 aromatic heterocycles. The van der Waals surface area contributed by atoms with Crippen molar-refractivity contribution < 1.29 is 4.74 Å². The maximum Gasteiger partial charge on any atom is 0.326 e. The van der Waals surface area contributed by atoms with Crippen LogP contribution in [0.4, 0.5) is 0 Å². The number of nitrogens with one attached hydrogen (secondary N) is 2. The van der Waals surface area contributed by atoms with Crippen molar-refractivity contribution in [3.05, 3.63) is 39.0 Å². The van der Waals surface area contributed by atoms with E-state index in [9.17, 15) is 9.59 Å². The molecular formula is C9H6Cl2N2O3. The molecule has 0 unspecified atom stereocenters. The molecule has 84 valence electrons. The third kappa shape index (κ3) is 2.05. The second-order valence-corrected chi connectivity index (χ2v) is 3.98. The van der Waals surface area contributed by atoms with Gasteiger partial charge >= 0.3 is 5.69 Å². The van der Waals surface area contributed by atoms with E-state index in [1.807, 2.05) is 0 Å². The second kappa shape index (κ2) is 4.19. The van der Waals surface area contributed by atoms with Crippen LogP contribution >= 0.6 is 23.2 Å². The van der Waals surface area contributed by atoms with Gasteiger partial charge in [0.1, 0.15) is 5.75 Å². The van der Waals surface area contributed by atoms with E-state index in [1.54, 1.807) is 18.2 Å². The summed E-state index contributed by atoms with van der Waals surface area (Å²) in [5.74, 6) is 0.246. The molecule has 2 N–H and O–H groups in total. The lowest BCUT2D eigenvalue weighted by Crippen LogP contribution is -2.22. The summed E-state index contributed by atoms with van der Waals surface area (Å²) in [6.07, 6.45) is 0. The molecule has 2 aromatic rings. The summed E-state index contributed by atoms with van der Waals surface area (Å²) in [6.45, 7) is 0. The Morgan fingerprint density at radius 2 is 1.94 bits per heavy atom. The van der Waals surface area contributed by atoms with E-state index in [1.165, 1.54) is 0 Å². The number of hydrogen-bond acceptors (Lipinski definition) is 3. The van der Waals surface area contributed by atoms with Crippen molar-refractivity contribution in [1.29, 1.82) is 0 Å². The lowest BCUT2D eigenvalue weighted by molar-refractivity contribution is 0.357. The van der Waals surface area contributed by atoms with Crippen molar-refractivity contribution in [2.24, 2.45) is 0 Å². The van der Waals surface area contributed by atoms with Gasteiger partial charge in [-0.2, -0.15) is 0 Å². The minimum atomic E-state index is -1.08. The van der Waals surface area contributed by atoms with Gasteiger partial charge in [0.2, 0.25) is 5.02 Å². The number of rotatable bonds is 2. The summed E-state index contributed by atoms with van der Waals surface area (Å²) < 4.78 is 5.05. The van der Waals surface area contributed by atoms with Crippen LogP contribution in [0.5, 0.6) is 5.75 Å². The molecule has 0 bridgehead atoms. The van der Waals surface area contributed by atoms with Crippen LogP contribution in [0.2, 0.25) is 0 Å². The lowest BCUT2D eigenvalue weighted by atomic mass is 10.2. The smallest absolute Gasteiger partial charge is 0.326 e. The fourth-order valence-electron chi connectivity index (χ4n) is 1.36. The van der Waals surface area contributed by atoms with Gasteiger partial charge in [-0.25, -0.2) is 4.79 Å². The minimum Gasteiger partial charge on any atom is -0.458 e. The van der Waals surface area contributed by atoms with Crippen LogP contribution in [-0.2, 0) is 0 Å². The van der Waals surface area contributed by atoms with Crippen LogP contribution in [0.3, 0.4) is 0 Å². The number of alkyl halides is 2. The molecule has 0 aliphatic heterocycles. The van der Waals surface area contributed by atoms with Gasteiger partial charge in [-0.3, -0.25) is 9.78 Å². The fraction of sp³-hybridized carbons (Fsp3) is 0.111. The highest BCUT2D eigenvalue weighted by Gasteiger charge is 2.08. The average Bonchev–Trinajstić information content (AvgIpc) is 2.18. The van der Waals surface area contributed by atoms with Gasteiger partial charge in [0.05, 0.1) is 10.9 Å². The molecule has 1 aromatic carbocycles. The number of halogens is 2. The minimum absolute atomic E-state index is 0.246. The maximum absolute atomic E-state index is 11.4. The van der Waals surface area contributed by atoms with Crippen molar-refractivity contribution in [3.63, 3.8) is 0 Å². The first kappa shape index (κ1) is 11.0. The third-order valence-corrected chi connectivity index (χ3v) is 2.13. The summed E-state index contributed by atoms with van der Waals surface area (Å²) in [4.78, 5) is 27.1. The molecule has 0 atom stereocenters. The van der Waals surface area contributed by atoms with Crippen LogP contribution in [0.15, 0.2) is 27.8 Å². The van der Waals surface area contributed by atoms with Crippen LogP contribution in [-0.4, -0.2) is 15.0 Å². The zero-order valence-corrected chi connectivity index (χ0v) is 9.30. The summed E-state index contributed by atoms with van der Waals surface area (Å²) in [6, 6.07) is 4.70. The van der Waals surface area contributed by atoms with E-state index < -0.39 is 16.3 Å². The highest BCUT2D eigenvalue weighted by Crippen LogP contribution is 2.22. The second-order valence-electron chi connectivity index (χ2n) is 2.97. The lowest BCUT2D eigenvalue weighted by Gasteiger charge is -2.08. The molecule has 16 heavy (non-hydrogen) atoms. The molecule has 7 heteroatoms. The van der Waals surface area contributed by atoms with Gasteiger partial charge in [-0.15, -0.1) is 0 Å². The Morgan fingerprint density at radius 3 is 2.62 bits per heavy atom. The first-order valence-corrected chi connectivity index (χ1v) is 5.15. The Bertz CT molecular complexity index is 632. The maximum atomic E-state index is 11.4. The third-order valence-electron chi connectivity index (χ3n) is 1.95. The molecule has 2 rings (SSSR count).